The molecule has 2 heterocycles. The number of benzene rings is 2. The molecule has 0 spiro atoms. The van der Waals surface area contributed by atoms with Crippen molar-refractivity contribution in [2.75, 3.05) is 41.4 Å². The van der Waals surface area contributed by atoms with Gasteiger partial charge in [0, 0.05) is 54.6 Å². The second-order valence-electron chi connectivity index (χ2n) is 7.82. The largest absolute Gasteiger partial charge is 0.378 e. The Bertz CT molecular complexity index is 833. The maximum Gasteiger partial charge on any atom is 0.224 e. The molecule has 0 aromatic heterocycles. The van der Waals surface area contributed by atoms with Gasteiger partial charge in [0.25, 0.3) is 0 Å². The molecule has 2 unspecified atom stereocenters. The zero-order chi connectivity index (χ0) is 19.7. The number of nitrogens with one attached hydrogen (secondary N) is 1. The van der Waals surface area contributed by atoms with Gasteiger partial charge < -0.3 is 19.9 Å². The number of amides is 1. The van der Waals surface area contributed by atoms with Crippen molar-refractivity contribution in [3.63, 3.8) is 0 Å². The van der Waals surface area contributed by atoms with E-state index in [0.717, 1.165) is 37.7 Å². The van der Waals surface area contributed by atoms with Gasteiger partial charge in [0.15, 0.2) is 0 Å². The van der Waals surface area contributed by atoms with Crippen molar-refractivity contribution in [1.82, 2.24) is 0 Å². The van der Waals surface area contributed by atoms with E-state index in [1.165, 1.54) is 11.3 Å². The van der Waals surface area contributed by atoms with Crippen molar-refractivity contribution in [1.29, 1.82) is 0 Å². The molecule has 5 nitrogen and oxygen atoms in total. The maximum absolute atomic E-state index is 12.4. The molecular formula is C23H29N3O2. The number of nitrogens with zero attached hydrogens (tertiary/aromatic N) is 2. The molecule has 0 saturated carbocycles. The number of morpholine rings is 1. The molecule has 148 valence electrons. The van der Waals surface area contributed by atoms with Gasteiger partial charge in [0.1, 0.15) is 0 Å². The summed E-state index contributed by atoms with van der Waals surface area (Å²) in [5, 5.41) is 3.73. The quantitative estimate of drug-likeness (QED) is 0.873. The number of hydrogen-bond donors (Lipinski definition) is 1. The SMILES string of the molecule is CC(=O)N1c2ccc(N3CCOCC3)cc2C(Nc2ccccc2)C(C)[C@@H]1C. The molecule has 4 rings (SSSR count). The summed E-state index contributed by atoms with van der Waals surface area (Å²) < 4.78 is 5.51. The van der Waals surface area contributed by atoms with Gasteiger partial charge in [-0.3, -0.25) is 4.79 Å². The van der Waals surface area contributed by atoms with Crippen LogP contribution in [0.15, 0.2) is 48.5 Å². The van der Waals surface area contributed by atoms with E-state index in [9.17, 15) is 4.79 Å². The van der Waals surface area contributed by atoms with Crippen molar-refractivity contribution in [2.45, 2.75) is 32.9 Å². The van der Waals surface area contributed by atoms with E-state index >= 15 is 0 Å². The third-order valence-corrected chi connectivity index (χ3v) is 6.11. The highest BCUT2D eigenvalue weighted by Gasteiger charge is 2.38. The van der Waals surface area contributed by atoms with Crippen LogP contribution < -0.4 is 15.1 Å². The normalized spacial score (nSPS) is 24.6. The third-order valence-electron chi connectivity index (χ3n) is 6.11. The van der Waals surface area contributed by atoms with Crippen LogP contribution in [0.1, 0.15) is 32.4 Å². The highest BCUT2D eigenvalue weighted by Crippen LogP contribution is 2.44. The van der Waals surface area contributed by atoms with Crippen molar-refractivity contribution < 1.29 is 9.53 Å². The second kappa shape index (κ2) is 7.84. The molecular weight excluding hydrogens is 350 g/mol. The lowest BCUT2D eigenvalue weighted by Gasteiger charge is -2.44. The Morgan fingerprint density at radius 1 is 1.07 bits per heavy atom. The molecule has 1 saturated heterocycles. The van der Waals surface area contributed by atoms with Crippen LogP contribution in [0.4, 0.5) is 17.1 Å². The van der Waals surface area contributed by atoms with E-state index in [1.54, 1.807) is 6.92 Å². The highest BCUT2D eigenvalue weighted by atomic mass is 16.5. The number of para-hydroxylation sites is 1. The van der Waals surface area contributed by atoms with Crippen molar-refractivity contribution in [3.8, 4) is 0 Å². The lowest BCUT2D eigenvalue weighted by molar-refractivity contribution is -0.117. The Morgan fingerprint density at radius 2 is 1.79 bits per heavy atom. The lowest BCUT2D eigenvalue weighted by Crippen LogP contribution is -2.48. The Hall–Kier alpha value is -2.53. The minimum Gasteiger partial charge on any atom is -0.378 e. The van der Waals surface area contributed by atoms with Crippen molar-refractivity contribution >= 4 is 23.0 Å². The fourth-order valence-corrected chi connectivity index (χ4v) is 4.42. The monoisotopic (exact) mass is 379 g/mol. The minimum absolute atomic E-state index is 0.0953. The molecule has 1 N–H and O–H groups in total. The smallest absolute Gasteiger partial charge is 0.224 e. The van der Waals surface area contributed by atoms with E-state index in [4.69, 9.17) is 4.74 Å². The standard InChI is InChI=1S/C23H29N3O2/c1-16-17(2)26(18(3)27)22-10-9-20(25-11-13-28-14-12-25)15-21(22)23(16)24-19-7-5-4-6-8-19/h4-10,15-17,23-24H,11-14H2,1-3H3/t16?,17-,23?/m0/s1. The van der Waals surface area contributed by atoms with E-state index in [2.05, 4.69) is 54.4 Å². The van der Waals surface area contributed by atoms with Crippen LogP contribution >= 0.6 is 0 Å². The number of anilines is 3. The van der Waals surface area contributed by atoms with Gasteiger partial charge in [0.05, 0.1) is 19.3 Å². The predicted octanol–water partition coefficient (Wildman–Crippen LogP) is 4.07. The number of hydrogen-bond acceptors (Lipinski definition) is 4. The summed E-state index contributed by atoms with van der Waals surface area (Å²) in [5.74, 6) is 0.370. The molecule has 3 atom stereocenters. The topological polar surface area (TPSA) is 44.8 Å². The summed E-state index contributed by atoms with van der Waals surface area (Å²) >= 11 is 0. The number of rotatable bonds is 3. The summed E-state index contributed by atoms with van der Waals surface area (Å²) in [4.78, 5) is 16.8. The van der Waals surface area contributed by atoms with Gasteiger partial charge in [-0.25, -0.2) is 0 Å². The molecule has 0 aliphatic carbocycles. The van der Waals surface area contributed by atoms with Crippen LogP contribution in [0.2, 0.25) is 0 Å². The fraction of sp³-hybridized carbons (Fsp3) is 0.435. The summed E-state index contributed by atoms with van der Waals surface area (Å²) in [7, 11) is 0. The van der Waals surface area contributed by atoms with Gasteiger partial charge in [-0.05, 0) is 37.3 Å². The third kappa shape index (κ3) is 3.47. The van der Waals surface area contributed by atoms with E-state index in [0.29, 0.717) is 0 Å². The predicted molar refractivity (Wildman–Crippen MR) is 114 cm³/mol. The molecule has 2 aromatic carbocycles. The van der Waals surface area contributed by atoms with Crippen LogP contribution in [0.3, 0.4) is 0 Å². The molecule has 1 amide bonds. The Labute approximate surface area is 167 Å². The first kappa shape index (κ1) is 18.8. The Morgan fingerprint density at radius 3 is 2.46 bits per heavy atom. The highest BCUT2D eigenvalue weighted by molar-refractivity contribution is 5.94. The molecule has 0 radical (unpaired) electrons. The fourth-order valence-electron chi connectivity index (χ4n) is 4.42. The molecule has 2 aromatic rings. The van der Waals surface area contributed by atoms with Gasteiger partial charge >= 0.3 is 0 Å². The molecule has 2 aliphatic heterocycles. The van der Waals surface area contributed by atoms with Gasteiger partial charge in [-0.2, -0.15) is 0 Å². The average Bonchev–Trinajstić information content (AvgIpc) is 2.72. The molecule has 5 heteroatoms. The number of ether oxygens (including phenoxy) is 1. The van der Waals surface area contributed by atoms with Crippen LogP contribution in [0.25, 0.3) is 0 Å². The zero-order valence-corrected chi connectivity index (χ0v) is 16.9. The van der Waals surface area contributed by atoms with E-state index in [1.807, 2.05) is 23.1 Å². The van der Waals surface area contributed by atoms with Crippen LogP contribution in [0.5, 0.6) is 0 Å². The lowest BCUT2D eigenvalue weighted by atomic mass is 9.82. The molecule has 2 aliphatic rings. The summed E-state index contributed by atoms with van der Waals surface area (Å²) in [6.45, 7) is 9.35. The number of fused-ring (bicyclic) bond motifs is 1. The van der Waals surface area contributed by atoms with Gasteiger partial charge in [-0.15, -0.1) is 0 Å². The zero-order valence-electron chi connectivity index (χ0n) is 16.9. The number of carbonyl (C=O) groups excluding carboxylic acids is 1. The van der Waals surface area contributed by atoms with Crippen molar-refractivity contribution in [2.24, 2.45) is 5.92 Å². The first-order valence-corrected chi connectivity index (χ1v) is 10.1. The van der Waals surface area contributed by atoms with Gasteiger partial charge in [0.2, 0.25) is 5.91 Å². The first-order valence-electron chi connectivity index (χ1n) is 10.1. The van der Waals surface area contributed by atoms with Crippen LogP contribution in [-0.4, -0.2) is 38.3 Å². The maximum atomic E-state index is 12.4. The summed E-state index contributed by atoms with van der Waals surface area (Å²) in [6, 6.07) is 17.1. The van der Waals surface area contributed by atoms with Crippen LogP contribution in [-0.2, 0) is 9.53 Å². The van der Waals surface area contributed by atoms with Crippen LogP contribution in [0, 0.1) is 5.92 Å². The number of carbonyl (C=O) groups is 1. The average molecular weight is 380 g/mol. The molecule has 28 heavy (non-hydrogen) atoms. The second-order valence-corrected chi connectivity index (χ2v) is 7.82. The minimum atomic E-state index is 0.0953. The summed E-state index contributed by atoms with van der Waals surface area (Å²) in [6.07, 6.45) is 0. The first-order chi connectivity index (χ1) is 13.6. The van der Waals surface area contributed by atoms with Crippen molar-refractivity contribution in [3.05, 3.63) is 54.1 Å². The molecule has 0 bridgehead atoms. The van der Waals surface area contributed by atoms with E-state index in [-0.39, 0.29) is 23.9 Å². The molecule has 1 fully saturated rings. The van der Waals surface area contributed by atoms with Gasteiger partial charge in [-0.1, -0.05) is 25.1 Å². The Kier molecular flexibility index (Phi) is 5.27. The summed E-state index contributed by atoms with van der Waals surface area (Å²) in [5.41, 5.74) is 4.51. The van der Waals surface area contributed by atoms with E-state index < -0.39 is 0 Å². The Balaban J connectivity index is 1.76.